The summed E-state index contributed by atoms with van der Waals surface area (Å²) in [6.45, 7) is 1.99. The van der Waals surface area contributed by atoms with E-state index in [0.717, 1.165) is 44.3 Å². The summed E-state index contributed by atoms with van der Waals surface area (Å²) in [6.07, 6.45) is 1.78. The summed E-state index contributed by atoms with van der Waals surface area (Å²) in [5, 5.41) is 2.03. The highest BCUT2D eigenvalue weighted by molar-refractivity contribution is 6.08. The Bertz CT molecular complexity index is 995. The molecule has 0 unspecified atom stereocenters. The zero-order valence-electron chi connectivity index (χ0n) is 11.8. The van der Waals surface area contributed by atoms with Crippen molar-refractivity contribution in [2.75, 3.05) is 7.11 Å². The molecule has 0 saturated heterocycles. The van der Waals surface area contributed by atoms with Crippen molar-refractivity contribution in [3.05, 3.63) is 48.3 Å². The monoisotopic (exact) mass is 275 g/mol. The predicted octanol–water partition coefficient (Wildman–Crippen LogP) is 3.65. The highest BCUT2D eigenvalue weighted by Gasteiger charge is 2.11. The third-order valence-electron chi connectivity index (χ3n) is 3.73. The molecule has 0 radical (unpaired) electrons. The summed E-state index contributed by atoms with van der Waals surface area (Å²) in [4.78, 5) is 13.8. The van der Waals surface area contributed by atoms with E-state index in [0.29, 0.717) is 0 Å². The predicted molar refractivity (Wildman–Crippen MR) is 83.6 cm³/mol. The number of rotatable bonds is 1. The minimum absolute atomic E-state index is 0.769. The molecular formula is C17H13N3O. The van der Waals surface area contributed by atoms with Gasteiger partial charge in [0, 0.05) is 22.7 Å². The Kier molecular flexibility index (Phi) is 2.51. The Labute approximate surface area is 121 Å². The van der Waals surface area contributed by atoms with Crippen LogP contribution in [0.25, 0.3) is 32.8 Å². The number of benzene rings is 1. The van der Waals surface area contributed by atoms with E-state index in [-0.39, 0.29) is 0 Å². The first-order valence-corrected chi connectivity index (χ1v) is 6.77. The lowest BCUT2D eigenvalue weighted by Gasteiger charge is -2.10. The summed E-state index contributed by atoms with van der Waals surface area (Å²) >= 11 is 0. The maximum atomic E-state index is 5.42. The number of methoxy groups -OCH3 is 1. The molecule has 3 aromatic heterocycles. The molecule has 1 aromatic carbocycles. The van der Waals surface area contributed by atoms with Crippen molar-refractivity contribution in [3.8, 4) is 5.75 Å². The van der Waals surface area contributed by atoms with E-state index in [1.165, 1.54) is 0 Å². The molecule has 0 fully saturated rings. The third kappa shape index (κ3) is 1.72. The van der Waals surface area contributed by atoms with Crippen LogP contribution in [0.15, 0.2) is 42.6 Å². The van der Waals surface area contributed by atoms with E-state index in [9.17, 15) is 0 Å². The zero-order chi connectivity index (χ0) is 14.4. The molecule has 0 atom stereocenters. The molecule has 21 heavy (non-hydrogen) atoms. The van der Waals surface area contributed by atoms with Crippen LogP contribution in [0.4, 0.5) is 0 Å². The number of ether oxygens (including phenoxy) is 1. The van der Waals surface area contributed by atoms with Crippen LogP contribution in [0.2, 0.25) is 0 Å². The number of nitrogens with zero attached hydrogens (tertiary/aromatic N) is 3. The van der Waals surface area contributed by atoms with Gasteiger partial charge in [0.2, 0.25) is 0 Å². The molecule has 0 saturated carbocycles. The normalized spacial score (nSPS) is 11.3. The van der Waals surface area contributed by atoms with Crippen LogP contribution in [0.3, 0.4) is 0 Å². The third-order valence-corrected chi connectivity index (χ3v) is 3.73. The average Bonchev–Trinajstić information content (AvgIpc) is 2.53. The number of pyridine rings is 3. The van der Waals surface area contributed by atoms with Gasteiger partial charge in [-0.25, -0.2) is 9.97 Å². The molecule has 0 aliphatic carbocycles. The first-order chi connectivity index (χ1) is 10.3. The van der Waals surface area contributed by atoms with Crippen molar-refractivity contribution in [2.45, 2.75) is 6.92 Å². The van der Waals surface area contributed by atoms with Gasteiger partial charge in [0.1, 0.15) is 11.3 Å². The van der Waals surface area contributed by atoms with Crippen molar-refractivity contribution in [2.24, 2.45) is 0 Å². The second-order valence-electron chi connectivity index (χ2n) is 4.98. The van der Waals surface area contributed by atoms with Crippen molar-refractivity contribution in [3.63, 3.8) is 0 Å². The van der Waals surface area contributed by atoms with Gasteiger partial charge in [0.15, 0.2) is 0 Å². The van der Waals surface area contributed by atoms with E-state index in [2.05, 4.69) is 16.0 Å². The number of para-hydroxylation sites is 1. The second-order valence-corrected chi connectivity index (χ2v) is 4.98. The van der Waals surface area contributed by atoms with Gasteiger partial charge < -0.3 is 4.74 Å². The van der Waals surface area contributed by atoms with Gasteiger partial charge in [-0.1, -0.05) is 12.1 Å². The van der Waals surface area contributed by atoms with Crippen molar-refractivity contribution >= 4 is 32.8 Å². The molecular weight excluding hydrogens is 262 g/mol. The molecule has 3 heterocycles. The Morgan fingerprint density at radius 1 is 0.905 bits per heavy atom. The quantitative estimate of drug-likeness (QED) is 0.393. The fourth-order valence-corrected chi connectivity index (χ4v) is 2.70. The van der Waals surface area contributed by atoms with Crippen LogP contribution in [-0.4, -0.2) is 22.1 Å². The Balaban J connectivity index is 2.26. The summed E-state index contributed by atoms with van der Waals surface area (Å²) in [6, 6.07) is 11.8. The van der Waals surface area contributed by atoms with Crippen LogP contribution in [0.1, 0.15) is 5.69 Å². The lowest BCUT2D eigenvalue weighted by Crippen LogP contribution is -1.94. The number of hydrogen-bond donors (Lipinski definition) is 0. The van der Waals surface area contributed by atoms with Gasteiger partial charge in [-0.2, -0.15) is 0 Å². The number of aryl methyl sites for hydroxylation is 1. The van der Waals surface area contributed by atoms with Gasteiger partial charge in [-0.3, -0.25) is 4.98 Å². The Morgan fingerprint density at radius 3 is 2.67 bits per heavy atom. The smallest absolute Gasteiger partial charge is 0.145 e. The minimum Gasteiger partial charge on any atom is -0.494 e. The molecule has 102 valence electrons. The van der Waals surface area contributed by atoms with Gasteiger partial charge in [0.05, 0.1) is 23.7 Å². The first-order valence-electron chi connectivity index (χ1n) is 6.77. The summed E-state index contributed by atoms with van der Waals surface area (Å²) < 4.78 is 5.42. The molecule has 4 aromatic rings. The molecule has 0 bridgehead atoms. The lowest BCUT2D eigenvalue weighted by atomic mass is 10.1. The number of fused-ring (bicyclic) bond motifs is 4. The highest BCUT2D eigenvalue weighted by Crippen LogP contribution is 2.31. The van der Waals surface area contributed by atoms with E-state index in [1.54, 1.807) is 13.3 Å². The van der Waals surface area contributed by atoms with E-state index in [1.807, 2.05) is 37.3 Å². The van der Waals surface area contributed by atoms with E-state index >= 15 is 0 Å². The van der Waals surface area contributed by atoms with Gasteiger partial charge >= 0.3 is 0 Å². The second kappa shape index (κ2) is 4.38. The highest BCUT2D eigenvalue weighted by atomic mass is 16.5. The topological polar surface area (TPSA) is 47.9 Å². The van der Waals surface area contributed by atoms with Crippen LogP contribution < -0.4 is 4.74 Å². The first kappa shape index (κ1) is 12.0. The van der Waals surface area contributed by atoms with E-state index in [4.69, 9.17) is 9.72 Å². The van der Waals surface area contributed by atoms with Crippen LogP contribution in [0.5, 0.6) is 5.75 Å². The molecule has 0 aliphatic heterocycles. The van der Waals surface area contributed by atoms with Crippen molar-refractivity contribution in [1.82, 2.24) is 15.0 Å². The standard InChI is InChI=1S/C17H13N3O/c1-10-12-9-14-13(6-4-8-18-14)20-16(12)11-5-3-7-15(21-2)17(11)19-10/h3-9H,1-2H3. The minimum atomic E-state index is 0.769. The van der Waals surface area contributed by atoms with Gasteiger partial charge in [-0.05, 0) is 31.2 Å². The fourth-order valence-electron chi connectivity index (χ4n) is 2.70. The van der Waals surface area contributed by atoms with Crippen molar-refractivity contribution < 1.29 is 4.74 Å². The van der Waals surface area contributed by atoms with Crippen molar-refractivity contribution in [1.29, 1.82) is 0 Å². The summed E-state index contributed by atoms with van der Waals surface area (Å²) in [5.41, 5.74) is 4.50. The SMILES string of the molecule is COc1cccc2c1nc(C)c1cc3ncccc3nc12. The molecule has 4 rings (SSSR count). The molecule has 4 nitrogen and oxygen atoms in total. The van der Waals surface area contributed by atoms with Crippen LogP contribution >= 0.6 is 0 Å². The zero-order valence-corrected chi connectivity index (χ0v) is 11.8. The molecule has 0 N–H and O–H groups in total. The fraction of sp³-hybridized carbons (Fsp3) is 0.118. The summed E-state index contributed by atoms with van der Waals surface area (Å²) in [5.74, 6) is 0.769. The largest absolute Gasteiger partial charge is 0.494 e. The molecule has 4 heteroatoms. The maximum Gasteiger partial charge on any atom is 0.145 e. The molecule has 0 aliphatic rings. The Morgan fingerprint density at radius 2 is 1.81 bits per heavy atom. The summed E-state index contributed by atoms with van der Waals surface area (Å²) in [7, 11) is 1.66. The molecule has 0 spiro atoms. The number of hydrogen-bond acceptors (Lipinski definition) is 4. The average molecular weight is 275 g/mol. The molecule has 0 amide bonds. The Hall–Kier alpha value is -2.75. The van der Waals surface area contributed by atoms with Crippen LogP contribution in [-0.2, 0) is 0 Å². The van der Waals surface area contributed by atoms with Gasteiger partial charge in [0.25, 0.3) is 0 Å². The number of aromatic nitrogens is 3. The van der Waals surface area contributed by atoms with Gasteiger partial charge in [-0.15, -0.1) is 0 Å². The van der Waals surface area contributed by atoms with Crippen LogP contribution in [0, 0.1) is 6.92 Å². The van der Waals surface area contributed by atoms with E-state index < -0.39 is 0 Å². The maximum absolute atomic E-state index is 5.42. The lowest BCUT2D eigenvalue weighted by molar-refractivity contribution is 0.419.